The van der Waals surface area contributed by atoms with Crippen molar-refractivity contribution in [3.8, 4) is 11.5 Å². The van der Waals surface area contributed by atoms with Gasteiger partial charge in [0.2, 0.25) is 0 Å². The number of carbonyl (C=O) groups is 1. The van der Waals surface area contributed by atoms with E-state index in [2.05, 4.69) is 10.3 Å². The zero-order chi connectivity index (χ0) is 27.9. The number of rotatable bonds is 7. The van der Waals surface area contributed by atoms with Crippen molar-refractivity contribution in [2.75, 3.05) is 13.7 Å². The van der Waals surface area contributed by atoms with Crippen LogP contribution in [0, 0.1) is 6.92 Å². The van der Waals surface area contributed by atoms with E-state index in [9.17, 15) is 19.0 Å². The number of hydrogen-bond donors (Lipinski definition) is 3. The van der Waals surface area contributed by atoms with Crippen LogP contribution in [0.1, 0.15) is 41.5 Å². The van der Waals surface area contributed by atoms with Gasteiger partial charge in [-0.1, -0.05) is 35.5 Å². The average molecular weight is 553 g/mol. The molecule has 0 amide bonds. The molecule has 3 aromatic carbocycles. The summed E-state index contributed by atoms with van der Waals surface area (Å²) in [6, 6.07) is 16.5. The number of nitrogens with zero attached hydrogens (tertiary/aromatic N) is 4. The molecule has 11 heteroatoms. The Hall–Kier alpha value is -3.64. The molecule has 2 heterocycles. The van der Waals surface area contributed by atoms with Gasteiger partial charge in [-0.05, 0) is 60.4 Å². The highest BCUT2D eigenvalue weighted by Gasteiger charge is 2.34. The minimum atomic E-state index is -3.32. The number of carboxylic acids is 1. The van der Waals surface area contributed by atoms with Crippen LogP contribution < -0.4 is 9.47 Å². The molecule has 206 valence electrons. The van der Waals surface area contributed by atoms with E-state index in [0.29, 0.717) is 28.5 Å². The lowest BCUT2D eigenvalue weighted by atomic mass is 9.86. The van der Waals surface area contributed by atoms with Gasteiger partial charge in [0.1, 0.15) is 33.5 Å². The quantitative estimate of drug-likeness (QED) is 0.283. The second-order valence-corrected chi connectivity index (χ2v) is 11.9. The van der Waals surface area contributed by atoms with Crippen LogP contribution in [0.4, 0.5) is 0 Å². The van der Waals surface area contributed by atoms with Crippen molar-refractivity contribution in [3.63, 3.8) is 0 Å². The summed E-state index contributed by atoms with van der Waals surface area (Å²) in [6.45, 7) is 4.40. The van der Waals surface area contributed by atoms with Gasteiger partial charge in [-0.15, -0.1) is 15.9 Å². The first-order valence-corrected chi connectivity index (χ1v) is 14.1. The van der Waals surface area contributed by atoms with Crippen LogP contribution in [0.5, 0.6) is 11.5 Å². The molecule has 0 fully saturated rings. The van der Waals surface area contributed by atoms with E-state index in [0.717, 1.165) is 27.8 Å². The zero-order valence-corrected chi connectivity index (χ0v) is 23.1. The summed E-state index contributed by atoms with van der Waals surface area (Å²) >= 11 is 0. The molecule has 5 rings (SSSR count). The van der Waals surface area contributed by atoms with E-state index in [1.54, 1.807) is 47.4 Å². The molecule has 1 unspecified atom stereocenters. The number of ether oxygens (including phenoxy) is 2. The van der Waals surface area contributed by atoms with Gasteiger partial charge < -0.3 is 14.6 Å². The Labute approximate surface area is 228 Å². The highest BCUT2D eigenvalue weighted by atomic mass is 32.3. The fourth-order valence-corrected chi connectivity index (χ4v) is 6.78. The summed E-state index contributed by atoms with van der Waals surface area (Å²) in [6.07, 6.45) is -0.413. The fraction of sp³-hybridized carbons (Fsp3) is 0.321. The van der Waals surface area contributed by atoms with Crippen LogP contribution in [-0.4, -0.2) is 59.2 Å². The largest absolute Gasteiger partial charge is 0.494 e. The maximum atomic E-state index is 12.0. The van der Waals surface area contributed by atoms with E-state index in [1.165, 1.54) is 0 Å². The van der Waals surface area contributed by atoms with Gasteiger partial charge in [0.05, 0.1) is 20.1 Å². The molecule has 10 nitrogen and oxygen atoms in total. The van der Waals surface area contributed by atoms with Crippen molar-refractivity contribution in [3.05, 3.63) is 76.9 Å². The van der Waals surface area contributed by atoms with E-state index >= 15 is 0 Å². The minimum absolute atomic E-state index is 0.144. The predicted molar refractivity (Wildman–Crippen MR) is 148 cm³/mol. The van der Waals surface area contributed by atoms with Gasteiger partial charge in [0, 0.05) is 19.5 Å². The minimum Gasteiger partial charge on any atom is -0.494 e. The molecule has 0 saturated carbocycles. The zero-order valence-electron chi connectivity index (χ0n) is 22.2. The van der Waals surface area contributed by atoms with Gasteiger partial charge in [0.15, 0.2) is 0 Å². The number of benzene rings is 3. The van der Waals surface area contributed by atoms with Crippen LogP contribution in [0.2, 0.25) is 0 Å². The van der Waals surface area contributed by atoms with Crippen molar-refractivity contribution < 1.29 is 28.5 Å². The van der Waals surface area contributed by atoms with Gasteiger partial charge in [-0.25, -0.2) is 4.68 Å². The summed E-state index contributed by atoms with van der Waals surface area (Å²) in [5, 5.41) is 18.1. The van der Waals surface area contributed by atoms with Crippen LogP contribution in [0.15, 0.2) is 59.5 Å². The summed E-state index contributed by atoms with van der Waals surface area (Å²) < 4.78 is 37.5. The monoisotopic (exact) mass is 552 g/mol. The molecule has 1 aliphatic rings. The molecule has 4 aromatic rings. The lowest BCUT2D eigenvalue weighted by molar-refractivity contribution is -0.137. The van der Waals surface area contributed by atoms with Crippen LogP contribution in [-0.2, 0) is 18.4 Å². The lowest BCUT2D eigenvalue weighted by Crippen LogP contribution is -2.33. The molecular weight excluding hydrogens is 520 g/mol. The van der Waals surface area contributed by atoms with Gasteiger partial charge in [-0.3, -0.25) is 13.9 Å². The maximum Gasteiger partial charge on any atom is 0.304 e. The molecule has 0 bridgehead atoms. The van der Waals surface area contributed by atoms with Gasteiger partial charge in [0.25, 0.3) is 0 Å². The van der Waals surface area contributed by atoms with Crippen molar-refractivity contribution in [1.29, 1.82) is 0 Å². The van der Waals surface area contributed by atoms with Gasteiger partial charge >= 0.3 is 5.97 Å². The van der Waals surface area contributed by atoms with Crippen LogP contribution >= 0.6 is 10.8 Å². The summed E-state index contributed by atoms with van der Waals surface area (Å²) in [4.78, 5) is 12.3. The summed E-state index contributed by atoms with van der Waals surface area (Å²) in [5.41, 5.74) is 4.69. The lowest BCUT2D eigenvalue weighted by Gasteiger charge is -2.42. The SMILES string of the molecule is COc1cc([C@H](CC(=O)O)c2ccc(C)c(CN3CC(C)Oc4ccccc4S3(O)O)c2)cc2nnn(C)c12. The highest BCUT2D eigenvalue weighted by molar-refractivity contribution is 8.22. The van der Waals surface area contributed by atoms with E-state index in [4.69, 9.17) is 9.47 Å². The number of methoxy groups -OCH3 is 1. The fourth-order valence-electron chi connectivity index (χ4n) is 5.12. The van der Waals surface area contributed by atoms with E-state index in [-0.39, 0.29) is 19.1 Å². The normalized spacial score (nSPS) is 18.6. The highest BCUT2D eigenvalue weighted by Crippen LogP contribution is 2.57. The topological polar surface area (TPSA) is 130 Å². The average Bonchev–Trinajstić information content (AvgIpc) is 3.24. The van der Waals surface area contributed by atoms with Crippen molar-refractivity contribution >= 4 is 27.8 Å². The Morgan fingerprint density at radius 1 is 1.18 bits per heavy atom. The van der Waals surface area contributed by atoms with Crippen LogP contribution in [0.25, 0.3) is 11.0 Å². The first-order valence-electron chi connectivity index (χ1n) is 12.6. The van der Waals surface area contributed by atoms with Crippen molar-refractivity contribution in [2.24, 2.45) is 7.05 Å². The number of aromatic nitrogens is 3. The molecule has 0 aliphatic carbocycles. The van der Waals surface area contributed by atoms with Crippen LogP contribution in [0.3, 0.4) is 0 Å². The van der Waals surface area contributed by atoms with E-state index < -0.39 is 22.7 Å². The molecule has 0 spiro atoms. The van der Waals surface area contributed by atoms with E-state index in [1.807, 2.05) is 44.2 Å². The molecule has 2 atom stereocenters. The molecule has 0 radical (unpaired) electrons. The molecule has 1 aliphatic heterocycles. The van der Waals surface area contributed by atoms with Gasteiger partial charge in [-0.2, -0.15) is 4.31 Å². The molecule has 39 heavy (non-hydrogen) atoms. The Kier molecular flexibility index (Phi) is 7.25. The number of para-hydroxylation sites is 1. The molecule has 1 aromatic heterocycles. The first-order chi connectivity index (χ1) is 18.6. The number of hydrogen-bond acceptors (Lipinski definition) is 8. The number of aryl methyl sites for hydroxylation is 2. The second-order valence-electron chi connectivity index (χ2n) is 9.86. The molecular formula is C28H32N4O6S. The molecule has 0 saturated heterocycles. The Morgan fingerprint density at radius 3 is 2.69 bits per heavy atom. The third-order valence-corrected chi connectivity index (χ3v) is 9.03. The second kappa shape index (κ2) is 10.5. The standard InChI is InChI=1S/C28H32N4O6S/c1-17-9-10-19(22(14-27(33)34)20-12-23-28(25(13-20)37-4)31(3)30-29-23)11-21(17)16-32-15-18(2)38-24-7-5-6-8-26(24)39(32,35)36/h5-13,18,22,35-36H,14-16H2,1-4H3,(H,33,34)/t18?,22-/m1/s1. The third-order valence-electron chi connectivity index (χ3n) is 7.10. The van der Waals surface area contributed by atoms with Crippen molar-refractivity contribution in [1.82, 2.24) is 19.3 Å². The Bertz CT molecular complexity index is 1540. The predicted octanol–water partition coefficient (Wildman–Crippen LogP) is 5.20. The third kappa shape index (κ3) is 5.18. The smallest absolute Gasteiger partial charge is 0.304 e. The Balaban J connectivity index is 1.55. The first kappa shape index (κ1) is 26.9. The summed E-state index contributed by atoms with van der Waals surface area (Å²) in [5.74, 6) is -0.407. The molecule has 3 N–H and O–H groups in total. The number of aliphatic carboxylic acids is 1. The Morgan fingerprint density at radius 2 is 1.95 bits per heavy atom. The number of fused-ring (bicyclic) bond motifs is 2. The summed E-state index contributed by atoms with van der Waals surface area (Å²) in [7, 11) is 0.0112. The number of carboxylic acid groups (broad SMARTS) is 1. The van der Waals surface area contributed by atoms with Crippen molar-refractivity contribution in [2.45, 2.75) is 43.7 Å². The maximum absolute atomic E-state index is 12.0.